The van der Waals surface area contributed by atoms with E-state index in [0.29, 0.717) is 11.6 Å². The van der Waals surface area contributed by atoms with E-state index in [2.05, 4.69) is 31.1 Å². The quantitative estimate of drug-likeness (QED) is 0.713. The molecular formula is C9H7FN8. The Labute approximate surface area is 100 Å². The van der Waals surface area contributed by atoms with Crippen LogP contribution in [0.4, 0.5) is 10.3 Å². The summed E-state index contributed by atoms with van der Waals surface area (Å²) in [5.41, 5.74) is 3.51. The van der Waals surface area contributed by atoms with E-state index in [1.54, 1.807) is 12.1 Å². The zero-order chi connectivity index (χ0) is 12.4. The molecule has 8 nitrogen and oxygen atoms in total. The summed E-state index contributed by atoms with van der Waals surface area (Å²) in [7, 11) is 0. The number of hydrogen-bond donors (Lipinski definition) is 1. The maximum atomic E-state index is 12.8. The molecule has 2 aromatic heterocycles. The third-order valence-electron chi connectivity index (χ3n) is 2.19. The molecule has 0 fully saturated rings. The van der Waals surface area contributed by atoms with Crippen molar-refractivity contribution >= 4 is 5.95 Å². The molecule has 18 heavy (non-hydrogen) atoms. The summed E-state index contributed by atoms with van der Waals surface area (Å²) in [4.78, 5) is 0. The van der Waals surface area contributed by atoms with Gasteiger partial charge in [0, 0.05) is 0 Å². The van der Waals surface area contributed by atoms with E-state index in [1.807, 2.05) is 0 Å². The molecule has 1 N–H and O–H groups in total. The molecule has 0 amide bonds. The number of rotatable bonds is 3. The molecule has 3 rings (SSSR count). The lowest BCUT2D eigenvalue weighted by molar-refractivity contribution is 0.626. The van der Waals surface area contributed by atoms with Gasteiger partial charge in [-0.15, -0.1) is 10.2 Å². The minimum absolute atomic E-state index is 0.319. The minimum Gasteiger partial charge on any atom is -0.257 e. The Kier molecular flexibility index (Phi) is 2.41. The van der Waals surface area contributed by atoms with Crippen LogP contribution >= 0.6 is 0 Å². The van der Waals surface area contributed by atoms with Crippen LogP contribution in [0.3, 0.4) is 0 Å². The van der Waals surface area contributed by atoms with Crippen molar-refractivity contribution in [1.29, 1.82) is 0 Å². The highest BCUT2D eigenvalue weighted by Crippen LogP contribution is 2.11. The second-order valence-electron chi connectivity index (χ2n) is 3.37. The molecule has 0 aliphatic heterocycles. The molecule has 0 atom stereocenters. The summed E-state index contributed by atoms with van der Waals surface area (Å²) in [6.45, 7) is 0. The van der Waals surface area contributed by atoms with Crippen LogP contribution in [0.1, 0.15) is 0 Å². The van der Waals surface area contributed by atoms with Gasteiger partial charge in [-0.05, 0) is 34.7 Å². The Hall–Kier alpha value is -2.84. The lowest BCUT2D eigenvalue weighted by Crippen LogP contribution is -2.12. The minimum atomic E-state index is -0.319. The first-order chi connectivity index (χ1) is 8.83. The first-order valence-electron chi connectivity index (χ1n) is 4.99. The van der Waals surface area contributed by atoms with Crippen LogP contribution in [0.15, 0.2) is 36.9 Å². The van der Waals surface area contributed by atoms with E-state index in [0.717, 1.165) is 0 Å². The molecule has 0 aliphatic carbocycles. The van der Waals surface area contributed by atoms with Gasteiger partial charge in [0.15, 0.2) is 0 Å². The van der Waals surface area contributed by atoms with E-state index in [-0.39, 0.29) is 5.82 Å². The number of nitrogens with one attached hydrogen (secondary N) is 1. The smallest absolute Gasteiger partial charge is 0.257 e. The predicted molar refractivity (Wildman–Crippen MR) is 58.2 cm³/mol. The van der Waals surface area contributed by atoms with Crippen molar-refractivity contribution in [2.75, 3.05) is 5.43 Å². The third kappa shape index (κ3) is 1.88. The van der Waals surface area contributed by atoms with E-state index < -0.39 is 0 Å². The van der Waals surface area contributed by atoms with Gasteiger partial charge in [-0.1, -0.05) is 5.10 Å². The summed E-state index contributed by atoms with van der Waals surface area (Å²) in [5.74, 6) is 0.0431. The van der Waals surface area contributed by atoms with E-state index in [4.69, 9.17) is 0 Å². The van der Waals surface area contributed by atoms with Crippen molar-refractivity contribution in [1.82, 2.24) is 35.1 Å². The fourth-order valence-electron chi connectivity index (χ4n) is 1.39. The van der Waals surface area contributed by atoms with Crippen LogP contribution in [0, 0.1) is 5.82 Å². The van der Waals surface area contributed by atoms with Gasteiger partial charge in [0.05, 0.1) is 5.69 Å². The molecule has 1 aromatic carbocycles. The Bertz CT molecular complexity index is 629. The van der Waals surface area contributed by atoms with Gasteiger partial charge >= 0.3 is 0 Å². The Morgan fingerprint density at radius 2 is 1.78 bits per heavy atom. The van der Waals surface area contributed by atoms with Crippen LogP contribution in [0.2, 0.25) is 0 Å². The normalized spacial score (nSPS) is 10.5. The van der Waals surface area contributed by atoms with Crippen LogP contribution in [-0.4, -0.2) is 35.1 Å². The van der Waals surface area contributed by atoms with Crippen LogP contribution in [0.25, 0.3) is 5.69 Å². The summed E-state index contributed by atoms with van der Waals surface area (Å²) in [5, 5.41) is 18.5. The second-order valence-corrected chi connectivity index (χ2v) is 3.37. The predicted octanol–water partition coefficient (Wildman–Crippen LogP) is 0.268. The van der Waals surface area contributed by atoms with Gasteiger partial charge in [0.25, 0.3) is 5.95 Å². The highest BCUT2D eigenvalue weighted by Gasteiger charge is 2.08. The summed E-state index contributed by atoms with van der Waals surface area (Å²) in [6.07, 6.45) is 2.92. The lowest BCUT2D eigenvalue weighted by atomic mass is 10.3. The molecule has 0 radical (unpaired) electrons. The number of halogens is 1. The van der Waals surface area contributed by atoms with Crippen LogP contribution < -0.4 is 5.43 Å². The van der Waals surface area contributed by atoms with Gasteiger partial charge in [-0.25, -0.2) is 9.07 Å². The van der Waals surface area contributed by atoms with Crippen LogP contribution in [-0.2, 0) is 0 Å². The van der Waals surface area contributed by atoms with Crippen LogP contribution in [0.5, 0.6) is 0 Å². The number of anilines is 1. The summed E-state index contributed by atoms with van der Waals surface area (Å²) < 4.78 is 15.8. The summed E-state index contributed by atoms with van der Waals surface area (Å²) in [6, 6.07) is 5.81. The molecule has 0 aliphatic rings. The molecule has 0 saturated heterocycles. The molecule has 3 aromatic rings. The fraction of sp³-hybridized carbons (Fsp3) is 0. The highest BCUT2D eigenvalue weighted by atomic mass is 19.1. The van der Waals surface area contributed by atoms with Crippen molar-refractivity contribution in [2.24, 2.45) is 0 Å². The first kappa shape index (κ1) is 10.3. The SMILES string of the molecule is Fc1ccc(-n2nnnc2Nn2cnnc2)cc1. The monoisotopic (exact) mass is 246 g/mol. The van der Waals surface area contributed by atoms with Crippen molar-refractivity contribution in [3.8, 4) is 5.69 Å². The van der Waals surface area contributed by atoms with Gasteiger partial charge in [0.2, 0.25) is 0 Å². The molecule has 2 heterocycles. The maximum absolute atomic E-state index is 12.8. The van der Waals surface area contributed by atoms with Crippen molar-refractivity contribution < 1.29 is 4.39 Å². The number of benzene rings is 1. The van der Waals surface area contributed by atoms with Crippen molar-refractivity contribution in [2.45, 2.75) is 0 Å². The highest BCUT2D eigenvalue weighted by molar-refractivity contribution is 5.38. The Balaban J connectivity index is 1.94. The van der Waals surface area contributed by atoms with Crippen molar-refractivity contribution in [3.05, 3.63) is 42.7 Å². The Morgan fingerprint density at radius 1 is 1.06 bits per heavy atom. The third-order valence-corrected chi connectivity index (χ3v) is 2.19. The zero-order valence-corrected chi connectivity index (χ0v) is 8.97. The molecule has 0 spiro atoms. The molecular weight excluding hydrogens is 239 g/mol. The molecule has 9 heteroatoms. The van der Waals surface area contributed by atoms with Gasteiger partial charge in [0.1, 0.15) is 18.5 Å². The molecule has 0 bridgehead atoms. The first-order valence-corrected chi connectivity index (χ1v) is 4.99. The lowest BCUT2D eigenvalue weighted by Gasteiger charge is -2.06. The largest absolute Gasteiger partial charge is 0.266 e. The summed E-state index contributed by atoms with van der Waals surface area (Å²) >= 11 is 0. The number of hydrogen-bond acceptors (Lipinski definition) is 6. The van der Waals surface area contributed by atoms with Gasteiger partial charge < -0.3 is 0 Å². The molecule has 0 unspecified atom stereocenters. The number of nitrogens with zero attached hydrogens (tertiary/aromatic N) is 7. The average molecular weight is 246 g/mol. The van der Waals surface area contributed by atoms with Crippen molar-refractivity contribution in [3.63, 3.8) is 0 Å². The topological polar surface area (TPSA) is 86.3 Å². The molecule has 0 saturated carbocycles. The standard InChI is InChI=1S/C9H7FN8/c10-7-1-3-8(4-2-7)18-9(13-15-16-18)14-17-5-11-12-6-17/h1-6H,(H,13,14,16). The second kappa shape index (κ2) is 4.20. The van der Waals surface area contributed by atoms with E-state index in [9.17, 15) is 4.39 Å². The van der Waals surface area contributed by atoms with E-state index >= 15 is 0 Å². The Morgan fingerprint density at radius 3 is 2.50 bits per heavy atom. The van der Waals surface area contributed by atoms with Gasteiger partial charge in [-0.2, -0.15) is 4.68 Å². The fourth-order valence-corrected chi connectivity index (χ4v) is 1.39. The number of aromatic nitrogens is 7. The van der Waals surface area contributed by atoms with E-state index in [1.165, 1.54) is 34.1 Å². The van der Waals surface area contributed by atoms with Gasteiger partial charge in [-0.3, -0.25) is 5.43 Å². The maximum Gasteiger partial charge on any atom is 0.266 e. The molecule has 90 valence electrons. The number of tetrazole rings is 1. The average Bonchev–Trinajstić information content (AvgIpc) is 3.02. The zero-order valence-electron chi connectivity index (χ0n) is 8.97.